The van der Waals surface area contributed by atoms with E-state index < -0.39 is 29.8 Å². The average molecular weight is 339 g/mol. The molecule has 7 heteroatoms. The van der Waals surface area contributed by atoms with Gasteiger partial charge in [-0.25, -0.2) is 9.59 Å². The third-order valence-electron chi connectivity index (χ3n) is 4.03. The van der Waals surface area contributed by atoms with Crippen LogP contribution in [0.5, 0.6) is 0 Å². The smallest absolute Gasteiger partial charge is 0.335 e. The number of carboxylic acids is 2. The van der Waals surface area contributed by atoms with Crippen LogP contribution in [0.3, 0.4) is 0 Å². The highest BCUT2D eigenvalue weighted by Gasteiger charge is 2.43. The van der Waals surface area contributed by atoms with Crippen molar-refractivity contribution < 1.29 is 29.4 Å². The fourth-order valence-electron chi connectivity index (χ4n) is 2.80. The molecule has 0 bridgehead atoms. The SMILES string of the molecule is O=C(O)c1ccc2c(c1)C(=O)N([C@H](Cc1ccccc1)C(=O)O)C2=O. The number of nitrogens with zero attached hydrogens (tertiary/aromatic N) is 1. The van der Waals surface area contributed by atoms with Gasteiger partial charge in [-0.05, 0) is 23.8 Å². The summed E-state index contributed by atoms with van der Waals surface area (Å²) in [5, 5.41) is 18.5. The lowest BCUT2D eigenvalue weighted by Gasteiger charge is -2.22. The highest BCUT2D eigenvalue weighted by Crippen LogP contribution is 2.27. The normalized spacial score (nSPS) is 14.3. The minimum Gasteiger partial charge on any atom is -0.480 e. The van der Waals surface area contributed by atoms with Crippen LogP contribution in [0.15, 0.2) is 48.5 Å². The number of carbonyl (C=O) groups excluding carboxylic acids is 2. The molecule has 1 heterocycles. The number of carbonyl (C=O) groups is 4. The quantitative estimate of drug-likeness (QED) is 0.802. The number of hydrogen-bond donors (Lipinski definition) is 2. The van der Waals surface area contributed by atoms with E-state index in [1.54, 1.807) is 30.3 Å². The van der Waals surface area contributed by atoms with Crippen LogP contribution in [-0.4, -0.2) is 44.9 Å². The molecular weight excluding hydrogens is 326 g/mol. The Bertz CT molecular complexity index is 890. The Kier molecular flexibility index (Phi) is 4.06. The molecule has 126 valence electrons. The summed E-state index contributed by atoms with van der Waals surface area (Å²) in [6, 6.07) is 10.8. The van der Waals surface area contributed by atoms with Crippen molar-refractivity contribution in [2.45, 2.75) is 12.5 Å². The lowest BCUT2D eigenvalue weighted by Crippen LogP contribution is -2.46. The molecule has 2 amide bonds. The number of rotatable bonds is 5. The van der Waals surface area contributed by atoms with Crippen LogP contribution >= 0.6 is 0 Å². The van der Waals surface area contributed by atoms with Gasteiger partial charge in [0, 0.05) is 6.42 Å². The highest BCUT2D eigenvalue weighted by molar-refractivity contribution is 6.23. The van der Waals surface area contributed by atoms with Gasteiger partial charge in [0.1, 0.15) is 6.04 Å². The molecular formula is C18H13NO6. The van der Waals surface area contributed by atoms with Crippen molar-refractivity contribution in [2.75, 3.05) is 0 Å². The molecule has 2 aromatic rings. The van der Waals surface area contributed by atoms with E-state index >= 15 is 0 Å². The van der Waals surface area contributed by atoms with Gasteiger partial charge in [-0.15, -0.1) is 0 Å². The second-order valence-corrected chi connectivity index (χ2v) is 5.59. The van der Waals surface area contributed by atoms with E-state index in [0.717, 1.165) is 6.07 Å². The van der Waals surface area contributed by atoms with Crippen molar-refractivity contribution in [3.8, 4) is 0 Å². The molecule has 7 nitrogen and oxygen atoms in total. The Morgan fingerprint density at radius 3 is 2.16 bits per heavy atom. The van der Waals surface area contributed by atoms with E-state index in [1.807, 2.05) is 0 Å². The molecule has 0 radical (unpaired) electrons. The van der Waals surface area contributed by atoms with Gasteiger partial charge in [0.25, 0.3) is 11.8 Å². The van der Waals surface area contributed by atoms with Gasteiger partial charge in [-0.2, -0.15) is 0 Å². The van der Waals surface area contributed by atoms with Crippen molar-refractivity contribution >= 4 is 23.8 Å². The number of fused-ring (bicyclic) bond motifs is 1. The zero-order valence-electron chi connectivity index (χ0n) is 12.9. The maximum atomic E-state index is 12.6. The van der Waals surface area contributed by atoms with Crippen molar-refractivity contribution in [3.63, 3.8) is 0 Å². The van der Waals surface area contributed by atoms with E-state index in [1.165, 1.54) is 12.1 Å². The number of aliphatic carboxylic acids is 1. The van der Waals surface area contributed by atoms with Crippen LogP contribution in [0.25, 0.3) is 0 Å². The summed E-state index contributed by atoms with van der Waals surface area (Å²) in [4.78, 5) is 48.5. The number of imide groups is 1. The van der Waals surface area contributed by atoms with E-state index in [0.29, 0.717) is 10.5 Å². The van der Waals surface area contributed by atoms with Crippen molar-refractivity contribution in [3.05, 3.63) is 70.8 Å². The average Bonchev–Trinajstić information content (AvgIpc) is 2.84. The monoisotopic (exact) mass is 339 g/mol. The lowest BCUT2D eigenvalue weighted by molar-refractivity contribution is -0.141. The third-order valence-corrected chi connectivity index (χ3v) is 4.03. The van der Waals surface area contributed by atoms with Crippen LogP contribution in [0.4, 0.5) is 0 Å². The maximum absolute atomic E-state index is 12.6. The van der Waals surface area contributed by atoms with E-state index in [2.05, 4.69) is 0 Å². The highest BCUT2D eigenvalue weighted by atomic mass is 16.4. The number of carboxylic acid groups (broad SMARTS) is 2. The summed E-state index contributed by atoms with van der Waals surface area (Å²) in [5.41, 5.74) is 0.438. The number of aromatic carboxylic acids is 1. The van der Waals surface area contributed by atoms with E-state index in [-0.39, 0.29) is 23.1 Å². The Morgan fingerprint density at radius 1 is 0.920 bits per heavy atom. The summed E-state index contributed by atoms with van der Waals surface area (Å²) >= 11 is 0. The summed E-state index contributed by atoms with van der Waals surface area (Å²) in [6.07, 6.45) is -0.0343. The standard InChI is InChI=1S/C18H13NO6/c20-15-12-7-6-11(17(22)23)9-13(12)16(21)19(15)14(18(24)25)8-10-4-2-1-3-5-10/h1-7,9,14H,8H2,(H,22,23)(H,24,25)/t14-/m1/s1. The second kappa shape index (κ2) is 6.20. The van der Waals surface area contributed by atoms with Crippen molar-refractivity contribution in [2.24, 2.45) is 0 Å². The molecule has 2 aromatic carbocycles. The molecule has 0 fully saturated rings. The Labute approximate surface area is 142 Å². The topological polar surface area (TPSA) is 112 Å². The number of amides is 2. The van der Waals surface area contributed by atoms with Gasteiger partial charge in [0.05, 0.1) is 16.7 Å². The van der Waals surface area contributed by atoms with Crippen molar-refractivity contribution in [1.29, 1.82) is 0 Å². The molecule has 0 aromatic heterocycles. The van der Waals surface area contributed by atoms with E-state index in [4.69, 9.17) is 5.11 Å². The fourth-order valence-corrected chi connectivity index (χ4v) is 2.80. The predicted octanol–water partition coefficient (Wildman–Crippen LogP) is 1.68. The number of hydrogen-bond acceptors (Lipinski definition) is 4. The molecule has 25 heavy (non-hydrogen) atoms. The largest absolute Gasteiger partial charge is 0.480 e. The molecule has 1 atom stereocenters. The van der Waals surface area contributed by atoms with Gasteiger partial charge in [-0.3, -0.25) is 14.5 Å². The first-order chi connectivity index (χ1) is 11.9. The molecule has 0 spiro atoms. The van der Waals surface area contributed by atoms with Gasteiger partial charge in [0.2, 0.25) is 0 Å². The fraction of sp³-hybridized carbons (Fsp3) is 0.111. The second-order valence-electron chi connectivity index (χ2n) is 5.59. The molecule has 1 aliphatic rings. The Balaban J connectivity index is 1.98. The minimum atomic E-state index is -1.37. The van der Waals surface area contributed by atoms with Gasteiger partial charge in [-0.1, -0.05) is 30.3 Å². The first-order valence-corrected chi connectivity index (χ1v) is 7.42. The molecule has 0 saturated carbocycles. The van der Waals surface area contributed by atoms with Crippen LogP contribution < -0.4 is 0 Å². The predicted molar refractivity (Wildman–Crippen MR) is 85.5 cm³/mol. The van der Waals surface area contributed by atoms with Crippen LogP contribution in [0, 0.1) is 0 Å². The molecule has 0 unspecified atom stereocenters. The van der Waals surface area contributed by atoms with Gasteiger partial charge >= 0.3 is 11.9 Å². The number of benzene rings is 2. The molecule has 0 saturated heterocycles. The molecule has 2 N–H and O–H groups in total. The Hall–Kier alpha value is -3.48. The van der Waals surface area contributed by atoms with Crippen LogP contribution in [-0.2, 0) is 11.2 Å². The van der Waals surface area contributed by atoms with Crippen LogP contribution in [0.2, 0.25) is 0 Å². The van der Waals surface area contributed by atoms with E-state index in [9.17, 15) is 24.3 Å². The zero-order valence-corrected chi connectivity index (χ0v) is 12.9. The third kappa shape index (κ3) is 2.87. The minimum absolute atomic E-state index is 0.00862. The van der Waals surface area contributed by atoms with Gasteiger partial charge < -0.3 is 10.2 Å². The summed E-state index contributed by atoms with van der Waals surface area (Å²) in [7, 11) is 0. The Morgan fingerprint density at radius 2 is 1.56 bits per heavy atom. The summed E-state index contributed by atoms with van der Waals surface area (Å²) in [6.45, 7) is 0. The maximum Gasteiger partial charge on any atom is 0.335 e. The van der Waals surface area contributed by atoms with Gasteiger partial charge in [0.15, 0.2) is 0 Å². The first-order valence-electron chi connectivity index (χ1n) is 7.42. The summed E-state index contributed by atoms with van der Waals surface area (Å²) in [5.74, 6) is -4.08. The van der Waals surface area contributed by atoms with Crippen LogP contribution in [0.1, 0.15) is 36.6 Å². The molecule has 0 aliphatic carbocycles. The first kappa shape index (κ1) is 16.4. The lowest BCUT2D eigenvalue weighted by atomic mass is 10.0. The molecule has 3 rings (SSSR count). The molecule has 1 aliphatic heterocycles. The van der Waals surface area contributed by atoms with Crippen molar-refractivity contribution in [1.82, 2.24) is 4.90 Å². The zero-order chi connectivity index (χ0) is 18.1. The summed E-state index contributed by atoms with van der Waals surface area (Å²) < 4.78 is 0.